The Labute approximate surface area is 175 Å². The van der Waals surface area contributed by atoms with Crippen molar-refractivity contribution in [1.29, 1.82) is 0 Å². The van der Waals surface area contributed by atoms with E-state index in [2.05, 4.69) is 4.85 Å². The first-order valence-corrected chi connectivity index (χ1v) is 9.15. The Morgan fingerprint density at radius 2 is 1.74 bits per heavy atom. The van der Waals surface area contributed by atoms with E-state index in [9.17, 15) is 22.8 Å². The van der Waals surface area contributed by atoms with E-state index in [0.29, 0.717) is 5.56 Å². The number of carboxylic acid groups (broad SMARTS) is 1. The molecule has 158 valence electrons. The SMILES string of the molecule is [C-]#[N+]c1c(C(F)(F)F)cc(-c2ccc(C(=O)O)cc2)n(Cc2ccc(C)cc2C)c1=O. The first-order valence-electron chi connectivity index (χ1n) is 9.15. The summed E-state index contributed by atoms with van der Waals surface area (Å²) in [5.41, 5.74) is -0.675. The van der Waals surface area contributed by atoms with Crippen molar-refractivity contribution in [3.05, 3.63) is 98.1 Å². The van der Waals surface area contributed by atoms with Gasteiger partial charge in [-0.05, 0) is 48.7 Å². The van der Waals surface area contributed by atoms with Gasteiger partial charge in [-0.25, -0.2) is 9.64 Å². The molecule has 0 saturated carbocycles. The van der Waals surface area contributed by atoms with E-state index in [0.717, 1.165) is 21.8 Å². The minimum Gasteiger partial charge on any atom is -0.478 e. The molecule has 0 aliphatic rings. The summed E-state index contributed by atoms with van der Waals surface area (Å²) < 4.78 is 41.9. The van der Waals surface area contributed by atoms with Gasteiger partial charge in [-0.15, -0.1) is 0 Å². The standard InChI is InChI=1S/C23H17F3N2O3/c1-13-4-5-17(14(2)10-13)12-28-19(15-6-8-16(9-7-15)22(30)31)11-18(23(24,25)26)20(27-3)21(28)29/h4-11H,12H2,1-2H3,(H,30,31). The molecule has 3 aromatic rings. The Kier molecular flexibility index (Phi) is 5.71. The third-order valence-electron chi connectivity index (χ3n) is 4.95. The molecule has 0 atom stereocenters. The van der Waals surface area contributed by atoms with E-state index in [-0.39, 0.29) is 23.4 Å². The maximum Gasteiger partial charge on any atom is 0.407 e. The van der Waals surface area contributed by atoms with Crippen molar-refractivity contribution in [2.24, 2.45) is 0 Å². The number of pyridine rings is 1. The number of aromatic carboxylic acids is 1. The van der Waals surface area contributed by atoms with E-state index in [1.807, 2.05) is 26.0 Å². The quantitative estimate of drug-likeness (QED) is 0.565. The van der Waals surface area contributed by atoms with Crippen LogP contribution in [0.1, 0.15) is 32.6 Å². The number of rotatable bonds is 4. The normalized spacial score (nSPS) is 11.2. The van der Waals surface area contributed by atoms with Gasteiger partial charge in [0.2, 0.25) is 0 Å². The maximum atomic E-state index is 13.6. The lowest BCUT2D eigenvalue weighted by Crippen LogP contribution is -2.25. The molecule has 3 rings (SSSR count). The Balaban J connectivity index is 2.30. The second-order valence-electron chi connectivity index (χ2n) is 7.11. The van der Waals surface area contributed by atoms with Crippen molar-refractivity contribution in [1.82, 2.24) is 4.57 Å². The fourth-order valence-electron chi connectivity index (χ4n) is 3.33. The molecule has 0 fully saturated rings. The molecule has 0 saturated heterocycles. The van der Waals surface area contributed by atoms with Gasteiger partial charge >= 0.3 is 12.1 Å². The zero-order valence-electron chi connectivity index (χ0n) is 16.6. The number of benzene rings is 2. The number of aryl methyl sites for hydroxylation is 2. The lowest BCUT2D eigenvalue weighted by Gasteiger charge is -2.19. The van der Waals surface area contributed by atoms with Crippen molar-refractivity contribution >= 4 is 11.7 Å². The lowest BCUT2D eigenvalue weighted by molar-refractivity contribution is -0.136. The molecule has 1 aromatic heterocycles. The van der Waals surface area contributed by atoms with Crippen molar-refractivity contribution in [2.75, 3.05) is 0 Å². The van der Waals surface area contributed by atoms with Crippen molar-refractivity contribution in [3.63, 3.8) is 0 Å². The van der Waals surface area contributed by atoms with Crippen LogP contribution >= 0.6 is 0 Å². The summed E-state index contributed by atoms with van der Waals surface area (Å²) in [6, 6.07) is 11.5. The molecule has 0 radical (unpaired) electrons. The van der Waals surface area contributed by atoms with Crippen LogP contribution in [0.3, 0.4) is 0 Å². The number of halogens is 3. The van der Waals surface area contributed by atoms with Gasteiger partial charge in [-0.3, -0.25) is 4.79 Å². The largest absolute Gasteiger partial charge is 0.478 e. The van der Waals surface area contributed by atoms with E-state index in [1.165, 1.54) is 24.3 Å². The molecule has 31 heavy (non-hydrogen) atoms. The average molecular weight is 426 g/mol. The molecular formula is C23H17F3N2O3. The minimum absolute atomic E-state index is 0.0401. The summed E-state index contributed by atoms with van der Waals surface area (Å²) >= 11 is 0. The van der Waals surface area contributed by atoms with Crippen LogP contribution in [-0.4, -0.2) is 15.6 Å². The van der Waals surface area contributed by atoms with Gasteiger partial charge in [0.25, 0.3) is 11.2 Å². The molecule has 0 amide bonds. The van der Waals surface area contributed by atoms with Crippen LogP contribution < -0.4 is 5.56 Å². The molecule has 0 spiro atoms. The highest BCUT2D eigenvalue weighted by atomic mass is 19.4. The second kappa shape index (κ2) is 8.11. The van der Waals surface area contributed by atoms with Crippen LogP contribution in [0.5, 0.6) is 0 Å². The van der Waals surface area contributed by atoms with Crippen LogP contribution in [0.25, 0.3) is 16.1 Å². The summed E-state index contributed by atoms with van der Waals surface area (Å²) in [6.07, 6.45) is -4.90. The fraction of sp³-hybridized carbons (Fsp3) is 0.174. The fourth-order valence-corrected chi connectivity index (χ4v) is 3.33. The van der Waals surface area contributed by atoms with Crippen LogP contribution in [-0.2, 0) is 12.7 Å². The van der Waals surface area contributed by atoms with E-state index < -0.39 is 29.0 Å². The Morgan fingerprint density at radius 1 is 1.10 bits per heavy atom. The number of carboxylic acids is 1. The van der Waals surface area contributed by atoms with Gasteiger partial charge in [-0.2, -0.15) is 13.2 Å². The first kappa shape index (κ1) is 21.8. The molecule has 0 aliphatic carbocycles. The summed E-state index contributed by atoms with van der Waals surface area (Å²) in [5, 5.41) is 9.07. The molecular weight excluding hydrogens is 409 g/mol. The van der Waals surface area contributed by atoms with E-state index >= 15 is 0 Å². The number of hydrogen-bond donors (Lipinski definition) is 1. The predicted molar refractivity (Wildman–Crippen MR) is 109 cm³/mol. The van der Waals surface area contributed by atoms with Gasteiger partial charge in [0.05, 0.1) is 24.2 Å². The third-order valence-corrected chi connectivity index (χ3v) is 4.95. The highest BCUT2D eigenvalue weighted by Crippen LogP contribution is 2.37. The van der Waals surface area contributed by atoms with E-state index in [4.69, 9.17) is 11.7 Å². The van der Waals surface area contributed by atoms with Gasteiger partial charge in [0.15, 0.2) is 0 Å². The summed E-state index contributed by atoms with van der Waals surface area (Å²) in [6.45, 7) is 10.8. The zero-order valence-corrected chi connectivity index (χ0v) is 16.6. The monoisotopic (exact) mass is 426 g/mol. The molecule has 0 bridgehead atoms. The summed E-state index contributed by atoms with van der Waals surface area (Å²) in [4.78, 5) is 26.9. The molecule has 8 heteroatoms. The van der Waals surface area contributed by atoms with Gasteiger partial charge in [0, 0.05) is 5.69 Å². The Morgan fingerprint density at radius 3 is 2.26 bits per heavy atom. The Hall–Kier alpha value is -3.86. The number of alkyl halides is 3. The van der Waals surface area contributed by atoms with Gasteiger partial charge in [-0.1, -0.05) is 35.9 Å². The summed E-state index contributed by atoms with van der Waals surface area (Å²) in [5.74, 6) is -1.18. The predicted octanol–water partition coefficient (Wildman–Crippen LogP) is 5.45. The molecule has 0 aliphatic heterocycles. The minimum atomic E-state index is -4.90. The first-order chi connectivity index (χ1) is 14.5. The highest BCUT2D eigenvalue weighted by molar-refractivity contribution is 5.88. The van der Waals surface area contributed by atoms with Crippen LogP contribution in [0.15, 0.2) is 53.3 Å². The molecule has 1 N–H and O–H groups in total. The maximum absolute atomic E-state index is 13.6. The smallest absolute Gasteiger partial charge is 0.407 e. The van der Waals surface area contributed by atoms with Crippen LogP contribution in [0.2, 0.25) is 0 Å². The number of carbonyl (C=O) groups is 1. The number of nitrogens with zero attached hydrogens (tertiary/aromatic N) is 2. The third kappa shape index (κ3) is 4.36. The zero-order chi connectivity index (χ0) is 22.9. The number of aromatic nitrogens is 1. The molecule has 0 unspecified atom stereocenters. The lowest BCUT2D eigenvalue weighted by atomic mass is 10.0. The van der Waals surface area contributed by atoms with Crippen LogP contribution in [0, 0.1) is 20.4 Å². The highest BCUT2D eigenvalue weighted by Gasteiger charge is 2.36. The van der Waals surface area contributed by atoms with E-state index in [1.54, 1.807) is 6.07 Å². The van der Waals surface area contributed by atoms with Gasteiger partial charge in [0.1, 0.15) is 0 Å². The van der Waals surface area contributed by atoms with Crippen molar-refractivity contribution in [3.8, 4) is 11.3 Å². The molecule has 1 heterocycles. The van der Waals surface area contributed by atoms with Crippen molar-refractivity contribution < 1.29 is 23.1 Å². The molecule has 2 aromatic carbocycles. The van der Waals surface area contributed by atoms with Crippen molar-refractivity contribution in [2.45, 2.75) is 26.6 Å². The average Bonchev–Trinajstić information content (AvgIpc) is 2.70. The topological polar surface area (TPSA) is 63.7 Å². The van der Waals surface area contributed by atoms with Gasteiger partial charge < -0.3 is 9.67 Å². The summed E-state index contributed by atoms with van der Waals surface area (Å²) in [7, 11) is 0. The molecule has 5 nitrogen and oxygen atoms in total. The Bertz CT molecular complexity index is 1270. The van der Waals surface area contributed by atoms with Crippen LogP contribution in [0.4, 0.5) is 18.9 Å². The second-order valence-corrected chi connectivity index (χ2v) is 7.11. The number of hydrogen-bond acceptors (Lipinski definition) is 2.